The lowest BCUT2D eigenvalue weighted by atomic mass is 9.88. The van der Waals surface area contributed by atoms with Gasteiger partial charge in [0, 0.05) is 10.9 Å². The van der Waals surface area contributed by atoms with Crippen LogP contribution in [0.1, 0.15) is 20.7 Å². The highest BCUT2D eigenvalue weighted by atomic mass is 16.5. The summed E-state index contributed by atoms with van der Waals surface area (Å²) in [6, 6.07) is 8.34. The highest BCUT2D eigenvalue weighted by Gasteiger charge is 2.30. The van der Waals surface area contributed by atoms with E-state index in [1.165, 1.54) is 55.8 Å². The molecule has 0 aromatic heterocycles. The lowest BCUT2D eigenvalue weighted by Gasteiger charge is -2.21. The number of hydrogen-bond donors (Lipinski definition) is 0. The zero-order valence-electron chi connectivity index (χ0n) is 20.1. The van der Waals surface area contributed by atoms with E-state index in [9.17, 15) is 9.59 Å². The second kappa shape index (κ2) is 10.2. The Hall–Kier alpha value is -4.14. The predicted octanol–water partition coefficient (Wildman–Crippen LogP) is 4.12. The van der Waals surface area contributed by atoms with Crippen molar-refractivity contribution < 1.29 is 42.7 Å². The zero-order chi connectivity index (χ0) is 25.0. The van der Waals surface area contributed by atoms with E-state index in [4.69, 9.17) is 33.2 Å². The molecule has 34 heavy (non-hydrogen) atoms. The number of benzene rings is 3. The van der Waals surface area contributed by atoms with Gasteiger partial charge in [-0.3, -0.25) is 0 Å². The van der Waals surface area contributed by atoms with E-state index in [1.807, 2.05) is 0 Å². The van der Waals surface area contributed by atoms with E-state index in [0.29, 0.717) is 50.6 Å². The fraction of sp³-hybridized carbons (Fsp3) is 0.280. The molecule has 3 aromatic rings. The minimum atomic E-state index is -0.732. The van der Waals surface area contributed by atoms with Gasteiger partial charge in [-0.15, -0.1) is 0 Å². The van der Waals surface area contributed by atoms with Gasteiger partial charge in [0.2, 0.25) is 5.75 Å². The van der Waals surface area contributed by atoms with Crippen LogP contribution >= 0.6 is 0 Å². The van der Waals surface area contributed by atoms with Crippen LogP contribution in [-0.2, 0) is 9.47 Å². The second-order valence-electron chi connectivity index (χ2n) is 6.97. The van der Waals surface area contributed by atoms with Crippen LogP contribution in [0.3, 0.4) is 0 Å². The second-order valence-corrected chi connectivity index (χ2v) is 6.97. The molecule has 0 amide bonds. The molecular formula is C25H26O9. The first-order chi connectivity index (χ1) is 16.4. The molecule has 0 aliphatic rings. The Bertz CT molecular complexity index is 1250. The SMILES string of the molecule is COC(=O)c1cc2cc(OC)c(OC)c(OC)c2c(-c2ccc(OC)c(OC)c2)c1C(=O)OC. The third-order valence-electron chi connectivity index (χ3n) is 5.40. The minimum absolute atomic E-state index is 0.000380. The first-order valence-electron chi connectivity index (χ1n) is 10.1. The Morgan fingerprint density at radius 1 is 0.618 bits per heavy atom. The molecule has 3 aromatic carbocycles. The fourth-order valence-electron chi connectivity index (χ4n) is 3.90. The first kappa shape index (κ1) is 24.5. The van der Waals surface area contributed by atoms with Crippen LogP contribution < -0.4 is 23.7 Å². The number of esters is 2. The Morgan fingerprint density at radius 2 is 1.24 bits per heavy atom. The normalized spacial score (nSPS) is 10.4. The van der Waals surface area contributed by atoms with Crippen molar-refractivity contribution in [3.05, 3.63) is 41.5 Å². The van der Waals surface area contributed by atoms with E-state index >= 15 is 0 Å². The molecular weight excluding hydrogens is 444 g/mol. The lowest BCUT2D eigenvalue weighted by molar-refractivity contribution is 0.0556. The smallest absolute Gasteiger partial charge is 0.339 e. The highest BCUT2D eigenvalue weighted by molar-refractivity contribution is 6.17. The van der Waals surface area contributed by atoms with E-state index in [1.54, 1.807) is 24.3 Å². The molecule has 0 aliphatic heterocycles. The fourth-order valence-corrected chi connectivity index (χ4v) is 3.90. The summed E-state index contributed by atoms with van der Waals surface area (Å²) in [6.07, 6.45) is 0. The summed E-state index contributed by atoms with van der Waals surface area (Å²) in [5, 5.41) is 1.05. The average Bonchev–Trinajstić information content (AvgIpc) is 2.89. The number of ether oxygens (including phenoxy) is 7. The maximum absolute atomic E-state index is 13.1. The molecule has 0 N–H and O–H groups in total. The first-order valence-corrected chi connectivity index (χ1v) is 10.1. The average molecular weight is 470 g/mol. The number of carbonyl (C=O) groups is 2. The topological polar surface area (TPSA) is 98.8 Å². The van der Waals surface area contributed by atoms with Gasteiger partial charge in [0.25, 0.3) is 0 Å². The van der Waals surface area contributed by atoms with Gasteiger partial charge in [-0.2, -0.15) is 0 Å². The Kier molecular flexibility index (Phi) is 7.35. The third-order valence-corrected chi connectivity index (χ3v) is 5.40. The monoisotopic (exact) mass is 470 g/mol. The summed E-state index contributed by atoms with van der Waals surface area (Å²) in [7, 11) is 9.93. The van der Waals surface area contributed by atoms with Crippen molar-refractivity contribution in [3.8, 4) is 39.9 Å². The van der Waals surface area contributed by atoms with E-state index in [2.05, 4.69) is 0 Å². The van der Waals surface area contributed by atoms with Crippen molar-refractivity contribution in [1.29, 1.82) is 0 Å². The van der Waals surface area contributed by atoms with Crippen molar-refractivity contribution in [2.45, 2.75) is 0 Å². The van der Waals surface area contributed by atoms with Gasteiger partial charge in [0.15, 0.2) is 23.0 Å². The zero-order valence-corrected chi connectivity index (χ0v) is 20.1. The number of hydrogen-bond acceptors (Lipinski definition) is 9. The van der Waals surface area contributed by atoms with E-state index in [0.717, 1.165) is 0 Å². The van der Waals surface area contributed by atoms with Crippen LogP contribution in [0, 0.1) is 0 Å². The number of methoxy groups -OCH3 is 7. The Labute approximate surface area is 197 Å². The largest absolute Gasteiger partial charge is 0.493 e. The Morgan fingerprint density at radius 3 is 1.76 bits per heavy atom. The van der Waals surface area contributed by atoms with Crippen LogP contribution in [0.25, 0.3) is 21.9 Å². The van der Waals surface area contributed by atoms with Crippen molar-refractivity contribution in [2.75, 3.05) is 49.8 Å². The summed E-state index contributed by atoms with van der Waals surface area (Å²) < 4.78 is 37.6. The molecule has 0 atom stereocenters. The van der Waals surface area contributed by atoms with E-state index < -0.39 is 11.9 Å². The van der Waals surface area contributed by atoms with Crippen LogP contribution in [-0.4, -0.2) is 61.7 Å². The quantitative estimate of drug-likeness (QED) is 0.450. The molecule has 0 spiro atoms. The molecule has 0 heterocycles. The molecule has 9 nitrogen and oxygen atoms in total. The maximum atomic E-state index is 13.1. The summed E-state index contributed by atoms with van der Waals surface area (Å²) in [5.41, 5.74) is 0.920. The van der Waals surface area contributed by atoms with Gasteiger partial charge in [0.1, 0.15) is 0 Å². The highest BCUT2D eigenvalue weighted by Crippen LogP contribution is 2.49. The third kappa shape index (κ3) is 4.00. The molecule has 180 valence electrons. The maximum Gasteiger partial charge on any atom is 0.339 e. The number of carbonyl (C=O) groups excluding carboxylic acids is 2. The summed E-state index contributed by atoms with van der Waals surface area (Å²) in [6.45, 7) is 0. The summed E-state index contributed by atoms with van der Waals surface area (Å²) >= 11 is 0. The lowest BCUT2D eigenvalue weighted by Crippen LogP contribution is -2.14. The molecule has 0 bridgehead atoms. The Balaban J connectivity index is 2.65. The van der Waals surface area contributed by atoms with Gasteiger partial charge < -0.3 is 33.2 Å². The molecule has 9 heteroatoms. The molecule has 0 fully saturated rings. The summed E-state index contributed by atoms with van der Waals surface area (Å²) in [4.78, 5) is 25.8. The van der Waals surface area contributed by atoms with Crippen LogP contribution in [0.5, 0.6) is 28.7 Å². The van der Waals surface area contributed by atoms with Crippen LogP contribution in [0.2, 0.25) is 0 Å². The molecule has 0 unspecified atom stereocenters. The van der Waals surface area contributed by atoms with Gasteiger partial charge in [-0.25, -0.2) is 9.59 Å². The number of fused-ring (bicyclic) bond motifs is 1. The molecule has 3 rings (SSSR count). The van der Waals surface area contributed by atoms with Crippen molar-refractivity contribution >= 4 is 22.7 Å². The molecule has 0 saturated heterocycles. The van der Waals surface area contributed by atoms with Gasteiger partial charge in [-0.05, 0) is 35.2 Å². The van der Waals surface area contributed by atoms with Gasteiger partial charge in [-0.1, -0.05) is 6.07 Å². The van der Waals surface area contributed by atoms with Crippen molar-refractivity contribution in [3.63, 3.8) is 0 Å². The van der Waals surface area contributed by atoms with Gasteiger partial charge in [0.05, 0.1) is 60.9 Å². The van der Waals surface area contributed by atoms with Crippen molar-refractivity contribution in [1.82, 2.24) is 0 Å². The predicted molar refractivity (Wildman–Crippen MR) is 125 cm³/mol. The van der Waals surface area contributed by atoms with Gasteiger partial charge >= 0.3 is 11.9 Å². The molecule has 0 aliphatic carbocycles. The van der Waals surface area contributed by atoms with Crippen LogP contribution in [0.4, 0.5) is 0 Å². The van der Waals surface area contributed by atoms with Crippen molar-refractivity contribution in [2.24, 2.45) is 0 Å². The number of rotatable bonds is 8. The van der Waals surface area contributed by atoms with E-state index in [-0.39, 0.29) is 11.1 Å². The van der Waals surface area contributed by atoms with Crippen LogP contribution in [0.15, 0.2) is 30.3 Å². The standard InChI is InChI=1S/C25H26O9/c1-28-16-9-8-13(11-17(16)29-2)19-20-14(12-18(30-3)22(31-4)23(20)32-5)10-15(24(26)33-6)21(19)25(27)34-7/h8-12H,1-7H3. The molecule has 0 saturated carbocycles. The minimum Gasteiger partial charge on any atom is -0.493 e. The molecule has 0 radical (unpaired) electrons. The summed E-state index contributed by atoms with van der Waals surface area (Å²) in [5.74, 6) is 0.481.